The van der Waals surface area contributed by atoms with Crippen molar-refractivity contribution in [1.82, 2.24) is 4.31 Å². The van der Waals surface area contributed by atoms with E-state index in [9.17, 15) is 18.3 Å². The van der Waals surface area contributed by atoms with Gasteiger partial charge >= 0.3 is 5.97 Å². The first-order chi connectivity index (χ1) is 7.77. The molecule has 1 saturated heterocycles. The van der Waals surface area contributed by atoms with Crippen molar-refractivity contribution >= 4 is 16.0 Å². The van der Waals surface area contributed by atoms with Gasteiger partial charge in [-0.15, -0.1) is 0 Å². The molecule has 0 aliphatic carbocycles. The molecule has 1 heterocycles. The zero-order valence-corrected chi connectivity index (χ0v) is 11.0. The van der Waals surface area contributed by atoms with Gasteiger partial charge in [0.05, 0.1) is 18.5 Å². The Morgan fingerprint density at radius 3 is 2.65 bits per heavy atom. The van der Waals surface area contributed by atoms with Crippen LogP contribution in [0.25, 0.3) is 0 Å². The number of rotatable bonds is 5. The molecule has 0 aromatic rings. The highest BCUT2D eigenvalue weighted by molar-refractivity contribution is 7.89. The highest BCUT2D eigenvalue weighted by Gasteiger charge is 2.37. The molecule has 1 N–H and O–H groups in total. The Kier molecular flexibility index (Phi) is 4.51. The van der Waals surface area contributed by atoms with E-state index in [1.54, 1.807) is 6.92 Å². The average Bonchev–Trinajstić information content (AvgIpc) is 2.59. The summed E-state index contributed by atoms with van der Waals surface area (Å²) in [4.78, 5) is 10.9. The molecular formula is C10H19NO5S. The SMILES string of the molecule is COC(=O)CCCS(=O)(=O)N1CCC(C)(O)C1. The van der Waals surface area contributed by atoms with Crippen molar-refractivity contribution in [2.24, 2.45) is 0 Å². The molecule has 17 heavy (non-hydrogen) atoms. The number of ether oxygens (including phenoxy) is 1. The fraction of sp³-hybridized carbons (Fsp3) is 0.900. The summed E-state index contributed by atoms with van der Waals surface area (Å²) >= 11 is 0. The summed E-state index contributed by atoms with van der Waals surface area (Å²) in [6, 6.07) is 0. The lowest BCUT2D eigenvalue weighted by Gasteiger charge is -2.18. The maximum atomic E-state index is 11.9. The monoisotopic (exact) mass is 265 g/mol. The van der Waals surface area contributed by atoms with Gasteiger partial charge in [-0.25, -0.2) is 8.42 Å². The van der Waals surface area contributed by atoms with Crippen LogP contribution in [0.4, 0.5) is 0 Å². The molecule has 0 spiro atoms. The molecule has 1 aliphatic rings. The molecule has 0 amide bonds. The van der Waals surface area contributed by atoms with Gasteiger partial charge in [0.25, 0.3) is 0 Å². The zero-order valence-electron chi connectivity index (χ0n) is 10.2. The molecule has 1 atom stereocenters. The standard InChI is InChI=1S/C10H19NO5S/c1-10(13)5-6-11(8-10)17(14,15)7-3-4-9(12)16-2/h13H,3-8H2,1-2H3. The van der Waals surface area contributed by atoms with E-state index in [2.05, 4.69) is 4.74 Å². The van der Waals surface area contributed by atoms with E-state index in [4.69, 9.17) is 0 Å². The lowest BCUT2D eigenvalue weighted by atomic mass is 10.1. The minimum atomic E-state index is -3.37. The Morgan fingerprint density at radius 2 is 2.18 bits per heavy atom. The van der Waals surface area contributed by atoms with E-state index in [1.807, 2.05) is 0 Å². The summed E-state index contributed by atoms with van der Waals surface area (Å²) in [5, 5.41) is 9.70. The number of aliphatic hydroxyl groups is 1. The average molecular weight is 265 g/mol. The molecule has 0 radical (unpaired) electrons. The third-order valence-corrected chi connectivity index (χ3v) is 4.72. The molecule has 0 saturated carbocycles. The second kappa shape index (κ2) is 5.32. The fourth-order valence-electron chi connectivity index (χ4n) is 1.77. The molecule has 1 fully saturated rings. The summed E-state index contributed by atoms with van der Waals surface area (Å²) in [6.45, 7) is 2.10. The smallest absolute Gasteiger partial charge is 0.305 e. The lowest BCUT2D eigenvalue weighted by molar-refractivity contribution is -0.140. The lowest BCUT2D eigenvalue weighted by Crippen LogP contribution is -2.35. The first kappa shape index (κ1) is 14.4. The summed E-state index contributed by atoms with van der Waals surface area (Å²) in [7, 11) is -2.10. The van der Waals surface area contributed by atoms with Crippen molar-refractivity contribution in [1.29, 1.82) is 0 Å². The molecule has 0 aromatic heterocycles. The Bertz CT molecular complexity index is 376. The summed E-state index contributed by atoms with van der Waals surface area (Å²) in [5.41, 5.74) is -0.935. The van der Waals surface area contributed by atoms with Gasteiger partial charge in [-0.05, 0) is 19.8 Å². The van der Waals surface area contributed by atoms with Gasteiger partial charge < -0.3 is 9.84 Å². The number of esters is 1. The van der Waals surface area contributed by atoms with Crippen LogP contribution in [0.15, 0.2) is 0 Å². The number of β-amino-alcohol motifs (C(OH)–C–C–N with tert-alkyl or cyclic N) is 1. The largest absolute Gasteiger partial charge is 0.469 e. The normalized spacial score (nSPS) is 26.1. The summed E-state index contributed by atoms with van der Waals surface area (Å²) in [5.74, 6) is -0.494. The predicted molar refractivity (Wildman–Crippen MR) is 61.9 cm³/mol. The number of sulfonamides is 1. The third-order valence-electron chi connectivity index (χ3n) is 2.82. The Balaban J connectivity index is 2.44. The number of nitrogens with zero attached hydrogens (tertiary/aromatic N) is 1. The van der Waals surface area contributed by atoms with Crippen molar-refractivity contribution in [2.75, 3.05) is 26.0 Å². The van der Waals surface area contributed by atoms with E-state index < -0.39 is 21.6 Å². The van der Waals surface area contributed by atoms with Crippen molar-refractivity contribution in [3.63, 3.8) is 0 Å². The van der Waals surface area contributed by atoms with Gasteiger partial charge in [-0.1, -0.05) is 0 Å². The second-order valence-electron chi connectivity index (χ2n) is 4.58. The van der Waals surface area contributed by atoms with Gasteiger partial charge in [0.1, 0.15) is 0 Å². The van der Waals surface area contributed by atoms with Crippen LogP contribution in [0.2, 0.25) is 0 Å². The number of carbonyl (C=O) groups excluding carboxylic acids is 1. The number of carbonyl (C=O) groups is 1. The van der Waals surface area contributed by atoms with Crippen LogP contribution in [0.3, 0.4) is 0 Å². The van der Waals surface area contributed by atoms with Crippen LogP contribution in [-0.2, 0) is 19.6 Å². The minimum Gasteiger partial charge on any atom is -0.469 e. The van der Waals surface area contributed by atoms with Crippen molar-refractivity contribution in [3.8, 4) is 0 Å². The van der Waals surface area contributed by atoms with E-state index in [-0.39, 0.29) is 25.1 Å². The topological polar surface area (TPSA) is 83.9 Å². The first-order valence-corrected chi connectivity index (χ1v) is 7.15. The first-order valence-electron chi connectivity index (χ1n) is 5.54. The van der Waals surface area contributed by atoms with Gasteiger partial charge in [0, 0.05) is 19.5 Å². The summed E-state index contributed by atoms with van der Waals surface area (Å²) in [6.07, 6.45) is 0.789. The Morgan fingerprint density at radius 1 is 1.53 bits per heavy atom. The molecule has 0 bridgehead atoms. The van der Waals surface area contributed by atoms with Crippen molar-refractivity contribution < 1.29 is 23.1 Å². The highest BCUT2D eigenvalue weighted by Crippen LogP contribution is 2.23. The number of hydrogen-bond donors (Lipinski definition) is 1. The van der Waals surface area contributed by atoms with Gasteiger partial charge in [-0.2, -0.15) is 4.31 Å². The highest BCUT2D eigenvalue weighted by atomic mass is 32.2. The molecule has 6 nitrogen and oxygen atoms in total. The van der Waals surface area contributed by atoms with E-state index >= 15 is 0 Å². The Labute approximate surface area is 102 Å². The van der Waals surface area contributed by atoms with Crippen LogP contribution in [0.1, 0.15) is 26.2 Å². The Hall–Kier alpha value is -0.660. The number of methoxy groups -OCH3 is 1. The number of hydrogen-bond acceptors (Lipinski definition) is 5. The molecule has 1 unspecified atom stereocenters. The predicted octanol–water partition coefficient (Wildman–Crippen LogP) is -0.274. The molecule has 0 aromatic carbocycles. The quantitative estimate of drug-likeness (QED) is 0.692. The molecular weight excluding hydrogens is 246 g/mol. The molecule has 100 valence electrons. The zero-order chi connectivity index (χ0) is 13.1. The third kappa shape index (κ3) is 4.25. The van der Waals surface area contributed by atoms with Gasteiger partial charge in [-0.3, -0.25) is 4.79 Å². The van der Waals surface area contributed by atoms with Crippen molar-refractivity contribution in [2.45, 2.75) is 31.8 Å². The maximum Gasteiger partial charge on any atom is 0.305 e. The van der Waals surface area contributed by atoms with Crippen LogP contribution in [0.5, 0.6) is 0 Å². The molecule has 1 rings (SSSR count). The molecule has 1 aliphatic heterocycles. The van der Waals surface area contributed by atoms with Gasteiger partial charge in [0.15, 0.2) is 0 Å². The van der Waals surface area contributed by atoms with Crippen molar-refractivity contribution in [3.05, 3.63) is 0 Å². The summed E-state index contributed by atoms with van der Waals surface area (Å²) < 4.78 is 29.4. The second-order valence-corrected chi connectivity index (χ2v) is 6.66. The van der Waals surface area contributed by atoms with Crippen LogP contribution in [-0.4, -0.2) is 55.4 Å². The van der Waals surface area contributed by atoms with E-state index in [1.165, 1.54) is 11.4 Å². The van der Waals surface area contributed by atoms with Gasteiger partial charge in [0.2, 0.25) is 10.0 Å². The van der Waals surface area contributed by atoms with Crippen LogP contribution >= 0.6 is 0 Å². The van der Waals surface area contributed by atoms with E-state index in [0.717, 1.165) is 0 Å². The molecule has 7 heteroatoms. The van der Waals surface area contributed by atoms with Crippen LogP contribution in [0, 0.1) is 0 Å². The van der Waals surface area contributed by atoms with E-state index in [0.29, 0.717) is 13.0 Å². The fourth-order valence-corrected chi connectivity index (χ4v) is 3.38. The van der Waals surface area contributed by atoms with Crippen LogP contribution < -0.4 is 0 Å². The maximum absolute atomic E-state index is 11.9. The minimum absolute atomic E-state index is 0.0851.